The largest absolute Gasteiger partial charge is 0.480 e. The van der Waals surface area contributed by atoms with Gasteiger partial charge in [-0.1, -0.05) is 113 Å². The van der Waals surface area contributed by atoms with Crippen LogP contribution in [0.1, 0.15) is 27.0 Å². The summed E-state index contributed by atoms with van der Waals surface area (Å²) in [4.78, 5) is 27.1. The highest BCUT2D eigenvalue weighted by molar-refractivity contribution is 9.10. The van der Waals surface area contributed by atoms with Gasteiger partial charge in [0.2, 0.25) is 0 Å². The Balaban J connectivity index is 1.42. The molecule has 1 aliphatic heterocycles. The number of thioether (sulfide) groups is 1. The van der Waals surface area contributed by atoms with Crippen LogP contribution in [-0.2, 0) is 11.2 Å². The Hall–Kier alpha value is -3.00. The quantitative estimate of drug-likeness (QED) is 0.186. The minimum Gasteiger partial charge on any atom is -0.480 e. The molecular weight excluding hydrogens is 542 g/mol. The fourth-order valence-corrected chi connectivity index (χ4v) is 5.56. The van der Waals surface area contributed by atoms with Crippen molar-refractivity contribution in [3.8, 4) is 0 Å². The normalized spacial score (nSPS) is 15.6. The van der Waals surface area contributed by atoms with Crippen LogP contribution < -0.4 is 0 Å². The van der Waals surface area contributed by atoms with Crippen molar-refractivity contribution in [3.05, 3.63) is 117 Å². The average molecular weight is 565 g/mol. The first-order valence-corrected chi connectivity index (χ1v) is 12.9. The van der Waals surface area contributed by atoms with E-state index in [0.717, 1.165) is 26.1 Å². The number of hydrogen-bond donors (Lipinski definition) is 1. The molecule has 4 rings (SSSR count). The van der Waals surface area contributed by atoms with Gasteiger partial charge in [-0.3, -0.25) is 4.79 Å². The molecule has 0 radical (unpaired) electrons. The number of carbonyl (C=O) groups excluding carboxylic acids is 1. The van der Waals surface area contributed by atoms with E-state index in [2.05, 4.69) is 15.9 Å². The molecule has 0 amide bonds. The zero-order valence-corrected chi connectivity index (χ0v) is 21.9. The van der Waals surface area contributed by atoms with Gasteiger partial charge in [0, 0.05) is 21.4 Å². The second kappa shape index (κ2) is 11.6. The molecule has 0 unspecified atom stereocenters. The van der Waals surface area contributed by atoms with Crippen LogP contribution in [0.3, 0.4) is 0 Å². The van der Waals surface area contributed by atoms with Crippen LogP contribution in [0.4, 0.5) is 0 Å². The number of halogens is 1. The highest BCUT2D eigenvalue weighted by Crippen LogP contribution is 2.33. The van der Waals surface area contributed by atoms with Crippen LogP contribution >= 0.6 is 39.9 Å². The molecule has 1 aliphatic rings. The van der Waals surface area contributed by atoms with Crippen molar-refractivity contribution in [3.63, 3.8) is 0 Å². The van der Waals surface area contributed by atoms with Crippen molar-refractivity contribution in [2.45, 2.75) is 12.5 Å². The van der Waals surface area contributed by atoms with Gasteiger partial charge in [-0.15, -0.1) is 0 Å². The number of rotatable bonds is 8. The van der Waals surface area contributed by atoms with E-state index < -0.39 is 12.0 Å². The SMILES string of the molecule is O=C(/C=C/c1ccc(/C=C2/CN([C@@H](Cc3ccccc3)C(=O)O)C(=S)S2)cc1)c1cccc(Br)c1. The van der Waals surface area contributed by atoms with E-state index in [-0.39, 0.29) is 5.78 Å². The summed E-state index contributed by atoms with van der Waals surface area (Å²) in [6.07, 6.45) is 5.78. The highest BCUT2D eigenvalue weighted by atomic mass is 79.9. The van der Waals surface area contributed by atoms with Gasteiger partial charge in [0.15, 0.2) is 5.78 Å². The van der Waals surface area contributed by atoms with Crippen LogP contribution in [0.25, 0.3) is 12.2 Å². The zero-order chi connectivity index (χ0) is 24.8. The third kappa shape index (κ3) is 6.78. The molecule has 0 aromatic heterocycles. The first kappa shape index (κ1) is 25.1. The fraction of sp³-hybridized carbons (Fsp3) is 0.107. The van der Waals surface area contributed by atoms with Gasteiger partial charge in [-0.05, 0) is 41.0 Å². The van der Waals surface area contributed by atoms with Gasteiger partial charge < -0.3 is 10.0 Å². The van der Waals surface area contributed by atoms with Gasteiger partial charge >= 0.3 is 5.97 Å². The van der Waals surface area contributed by atoms with E-state index in [9.17, 15) is 14.7 Å². The number of carboxylic acids is 1. The summed E-state index contributed by atoms with van der Waals surface area (Å²) in [6, 6.07) is 24.0. The molecule has 3 aromatic carbocycles. The number of carbonyl (C=O) groups is 2. The first-order chi connectivity index (χ1) is 16.9. The van der Waals surface area contributed by atoms with Gasteiger partial charge in [-0.25, -0.2) is 4.79 Å². The summed E-state index contributed by atoms with van der Waals surface area (Å²) in [6.45, 7) is 0.468. The summed E-state index contributed by atoms with van der Waals surface area (Å²) in [5, 5.41) is 9.83. The van der Waals surface area contributed by atoms with E-state index in [1.54, 1.807) is 29.2 Å². The maximum absolute atomic E-state index is 12.4. The topological polar surface area (TPSA) is 57.6 Å². The van der Waals surface area contributed by atoms with Crippen LogP contribution in [0.2, 0.25) is 0 Å². The average Bonchev–Trinajstić information content (AvgIpc) is 3.21. The van der Waals surface area contributed by atoms with Crippen molar-refractivity contribution < 1.29 is 14.7 Å². The molecule has 1 saturated heterocycles. The molecule has 0 aliphatic carbocycles. The molecule has 1 heterocycles. The molecule has 1 fully saturated rings. The Morgan fingerprint density at radius 3 is 2.43 bits per heavy atom. The Kier molecular flexibility index (Phi) is 8.33. The summed E-state index contributed by atoms with van der Waals surface area (Å²) in [5.74, 6) is -0.941. The fourth-order valence-electron chi connectivity index (χ4n) is 3.72. The van der Waals surface area contributed by atoms with Crippen molar-refractivity contribution >= 4 is 68.1 Å². The third-order valence-electron chi connectivity index (χ3n) is 5.51. The van der Waals surface area contributed by atoms with Crippen molar-refractivity contribution in [2.24, 2.45) is 0 Å². The molecule has 7 heteroatoms. The lowest BCUT2D eigenvalue weighted by Crippen LogP contribution is -2.42. The molecule has 3 aromatic rings. The molecule has 1 N–H and O–H groups in total. The van der Waals surface area contributed by atoms with Gasteiger partial charge in [-0.2, -0.15) is 0 Å². The molecule has 0 saturated carbocycles. The number of nitrogens with zero attached hydrogens (tertiary/aromatic N) is 1. The molecule has 35 heavy (non-hydrogen) atoms. The Bertz CT molecular complexity index is 1300. The highest BCUT2D eigenvalue weighted by Gasteiger charge is 2.33. The zero-order valence-electron chi connectivity index (χ0n) is 18.6. The smallest absolute Gasteiger partial charge is 0.326 e. The lowest BCUT2D eigenvalue weighted by molar-refractivity contribution is -0.141. The molecule has 4 nitrogen and oxygen atoms in total. The van der Waals surface area contributed by atoms with Crippen LogP contribution in [0, 0.1) is 0 Å². The lowest BCUT2D eigenvalue weighted by atomic mass is 10.0. The van der Waals surface area contributed by atoms with Crippen molar-refractivity contribution in [1.82, 2.24) is 4.90 Å². The Morgan fingerprint density at radius 1 is 1.03 bits per heavy atom. The summed E-state index contributed by atoms with van der Waals surface area (Å²) in [7, 11) is 0. The number of hydrogen-bond acceptors (Lipinski definition) is 4. The number of ketones is 1. The predicted molar refractivity (Wildman–Crippen MR) is 150 cm³/mol. The number of allylic oxidation sites excluding steroid dienone is 1. The Morgan fingerprint density at radius 2 is 1.74 bits per heavy atom. The summed E-state index contributed by atoms with van der Waals surface area (Å²) < 4.78 is 1.44. The maximum Gasteiger partial charge on any atom is 0.326 e. The van der Waals surface area contributed by atoms with Crippen LogP contribution in [0.5, 0.6) is 0 Å². The van der Waals surface area contributed by atoms with Gasteiger partial charge in [0.25, 0.3) is 0 Å². The number of benzene rings is 3. The second-order valence-corrected chi connectivity index (χ2v) is 10.7. The molecule has 0 spiro atoms. The van der Waals surface area contributed by atoms with Gasteiger partial charge in [0.1, 0.15) is 10.4 Å². The van der Waals surface area contributed by atoms with Crippen molar-refractivity contribution in [1.29, 1.82) is 0 Å². The van der Waals surface area contributed by atoms with E-state index in [0.29, 0.717) is 22.8 Å². The third-order valence-corrected chi connectivity index (χ3v) is 7.41. The van der Waals surface area contributed by atoms with E-state index in [4.69, 9.17) is 12.2 Å². The van der Waals surface area contributed by atoms with Crippen molar-refractivity contribution in [2.75, 3.05) is 6.54 Å². The maximum atomic E-state index is 12.4. The summed E-state index contributed by atoms with van der Waals surface area (Å²) >= 11 is 10.3. The molecular formula is C28H22BrNO3S2. The molecule has 1 atom stereocenters. The van der Waals surface area contributed by atoms with Crippen LogP contribution in [0.15, 0.2) is 94.3 Å². The van der Waals surface area contributed by atoms with E-state index in [1.165, 1.54) is 11.8 Å². The minimum atomic E-state index is -0.883. The molecule has 176 valence electrons. The predicted octanol–water partition coefficient (Wildman–Crippen LogP) is 6.72. The first-order valence-electron chi connectivity index (χ1n) is 10.9. The number of thiocarbonyl (C=S) groups is 1. The minimum absolute atomic E-state index is 0.0584. The van der Waals surface area contributed by atoms with E-state index in [1.807, 2.05) is 72.8 Å². The van der Waals surface area contributed by atoms with Crippen LogP contribution in [-0.4, -0.2) is 38.7 Å². The number of aliphatic carboxylic acids is 1. The lowest BCUT2D eigenvalue weighted by Gasteiger charge is -2.25. The second-order valence-electron chi connectivity index (χ2n) is 8.02. The van der Waals surface area contributed by atoms with E-state index >= 15 is 0 Å². The molecule has 0 bridgehead atoms. The Labute approximate surface area is 222 Å². The monoisotopic (exact) mass is 563 g/mol. The van der Waals surface area contributed by atoms with Gasteiger partial charge in [0.05, 0.1) is 6.54 Å². The standard InChI is InChI=1S/C28H22BrNO3S2/c29-23-8-4-7-22(17-23)26(31)14-13-19-9-11-21(12-10-19)15-24-18-30(28(34)35-24)25(27(32)33)16-20-5-2-1-3-6-20/h1-15,17,25H,16,18H2,(H,32,33)/b14-13+,24-15-/t25-/m0/s1. The number of carboxylic acid groups (broad SMARTS) is 1. The summed E-state index contributed by atoms with van der Waals surface area (Å²) in [5.41, 5.74) is 3.50.